The van der Waals surface area contributed by atoms with Gasteiger partial charge in [-0.1, -0.05) is 0 Å². The number of aliphatic hydroxyl groups excluding tert-OH is 2. The minimum Gasteiger partial charge on any atom is -0.394 e. The molecular formula is C14H19N3O3S. The van der Waals surface area contributed by atoms with Gasteiger partial charge in [-0.15, -0.1) is 11.8 Å². The van der Waals surface area contributed by atoms with Crippen molar-refractivity contribution in [1.82, 2.24) is 9.36 Å². The average Bonchev–Trinajstić information content (AvgIpc) is 2.69. The van der Waals surface area contributed by atoms with Gasteiger partial charge < -0.3 is 15.9 Å². The van der Waals surface area contributed by atoms with E-state index in [1.165, 1.54) is 16.4 Å². The summed E-state index contributed by atoms with van der Waals surface area (Å²) in [6.07, 6.45) is -0.729. The largest absolute Gasteiger partial charge is 0.394 e. The third-order valence-corrected chi connectivity index (χ3v) is 4.49. The van der Waals surface area contributed by atoms with Crippen molar-refractivity contribution in [2.24, 2.45) is 7.05 Å². The van der Waals surface area contributed by atoms with Crippen molar-refractivity contribution in [2.75, 3.05) is 18.1 Å². The second-order valence-electron chi connectivity index (χ2n) is 4.78. The Labute approximate surface area is 126 Å². The van der Waals surface area contributed by atoms with E-state index in [0.29, 0.717) is 5.75 Å². The van der Waals surface area contributed by atoms with Gasteiger partial charge in [0.05, 0.1) is 24.1 Å². The Kier molecular flexibility index (Phi) is 4.76. The molecule has 21 heavy (non-hydrogen) atoms. The van der Waals surface area contributed by atoms with E-state index < -0.39 is 6.10 Å². The van der Waals surface area contributed by atoms with Gasteiger partial charge in [-0.2, -0.15) is 0 Å². The molecule has 0 bridgehead atoms. The Morgan fingerprint density at radius 3 is 2.43 bits per heavy atom. The molecule has 1 aromatic carbocycles. The predicted molar refractivity (Wildman–Crippen MR) is 84.0 cm³/mol. The lowest BCUT2D eigenvalue weighted by molar-refractivity contribution is 0.113. The van der Waals surface area contributed by atoms with Crippen LogP contribution in [0.2, 0.25) is 0 Å². The van der Waals surface area contributed by atoms with E-state index in [-0.39, 0.29) is 17.9 Å². The number of aliphatic hydroxyl groups is 2. The molecule has 0 aliphatic carbocycles. The van der Waals surface area contributed by atoms with Crippen LogP contribution in [0.4, 0.5) is 5.69 Å². The first-order chi connectivity index (χ1) is 9.95. The van der Waals surface area contributed by atoms with Crippen LogP contribution in [0.15, 0.2) is 34.0 Å². The van der Waals surface area contributed by atoms with E-state index in [1.54, 1.807) is 18.7 Å². The second kappa shape index (κ2) is 6.38. The van der Waals surface area contributed by atoms with Crippen molar-refractivity contribution in [3.63, 3.8) is 0 Å². The fourth-order valence-electron chi connectivity index (χ4n) is 1.95. The van der Waals surface area contributed by atoms with Crippen LogP contribution >= 0.6 is 11.8 Å². The SMILES string of the molecule is Cc1c(N)c(=O)n(-c2ccc(SCC(O)CO)cc2)n1C. The van der Waals surface area contributed by atoms with Crippen LogP contribution in [0.5, 0.6) is 0 Å². The molecule has 1 atom stereocenters. The lowest BCUT2D eigenvalue weighted by Gasteiger charge is -2.10. The van der Waals surface area contributed by atoms with Gasteiger partial charge in [0.1, 0.15) is 5.69 Å². The zero-order valence-corrected chi connectivity index (χ0v) is 12.8. The van der Waals surface area contributed by atoms with Crippen molar-refractivity contribution in [2.45, 2.75) is 17.9 Å². The Bertz CT molecular complexity index is 676. The number of nitrogens with two attached hydrogens (primary N) is 1. The van der Waals surface area contributed by atoms with Crippen LogP contribution in [0.25, 0.3) is 5.69 Å². The van der Waals surface area contributed by atoms with E-state index in [4.69, 9.17) is 10.8 Å². The minimum absolute atomic E-state index is 0.230. The van der Waals surface area contributed by atoms with E-state index in [9.17, 15) is 9.90 Å². The Hall–Kier alpha value is -1.70. The molecule has 7 heteroatoms. The van der Waals surface area contributed by atoms with E-state index in [2.05, 4.69) is 0 Å². The smallest absolute Gasteiger partial charge is 0.294 e. The van der Waals surface area contributed by atoms with Crippen LogP contribution in [-0.2, 0) is 7.05 Å². The van der Waals surface area contributed by atoms with Crippen molar-refractivity contribution >= 4 is 17.4 Å². The maximum atomic E-state index is 12.1. The van der Waals surface area contributed by atoms with Gasteiger partial charge in [0.15, 0.2) is 0 Å². The zero-order valence-electron chi connectivity index (χ0n) is 12.0. The molecule has 2 aromatic rings. The fraction of sp³-hybridized carbons (Fsp3) is 0.357. The number of nitrogen functional groups attached to an aromatic ring is 1. The Morgan fingerprint density at radius 2 is 1.95 bits per heavy atom. The van der Waals surface area contributed by atoms with Gasteiger partial charge in [0, 0.05) is 17.7 Å². The number of anilines is 1. The maximum absolute atomic E-state index is 12.1. The Morgan fingerprint density at radius 1 is 1.33 bits per heavy atom. The molecule has 4 N–H and O–H groups in total. The average molecular weight is 309 g/mol. The van der Waals surface area contributed by atoms with Gasteiger partial charge in [-0.25, -0.2) is 4.68 Å². The molecule has 2 rings (SSSR count). The molecule has 0 fully saturated rings. The molecular weight excluding hydrogens is 290 g/mol. The molecule has 0 spiro atoms. The highest BCUT2D eigenvalue weighted by atomic mass is 32.2. The molecule has 114 valence electrons. The van der Waals surface area contributed by atoms with Crippen LogP contribution < -0.4 is 11.3 Å². The third kappa shape index (κ3) is 3.15. The third-order valence-electron chi connectivity index (χ3n) is 3.33. The Balaban J connectivity index is 2.24. The maximum Gasteiger partial charge on any atom is 0.294 e. The number of aromatic nitrogens is 2. The van der Waals surface area contributed by atoms with Gasteiger partial charge in [0.25, 0.3) is 5.56 Å². The molecule has 0 saturated carbocycles. The van der Waals surface area contributed by atoms with Crippen LogP contribution in [-0.4, -0.2) is 38.0 Å². The zero-order chi connectivity index (χ0) is 15.6. The van der Waals surface area contributed by atoms with Gasteiger partial charge in [-0.3, -0.25) is 9.48 Å². The number of hydrogen-bond acceptors (Lipinski definition) is 5. The van der Waals surface area contributed by atoms with Gasteiger partial charge in [0.2, 0.25) is 0 Å². The second-order valence-corrected chi connectivity index (χ2v) is 5.87. The van der Waals surface area contributed by atoms with E-state index >= 15 is 0 Å². The first kappa shape index (κ1) is 15.7. The summed E-state index contributed by atoms with van der Waals surface area (Å²) in [6, 6.07) is 7.39. The highest BCUT2D eigenvalue weighted by Gasteiger charge is 2.13. The molecule has 0 amide bonds. The molecule has 0 radical (unpaired) electrons. The van der Waals surface area contributed by atoms with Crippen molar-refractivity contribution in [1.29, 1.82) is 0 Å². The molecule has 6 nitrogen and oxygen atoms in total. The first-order valence-electron chi connectivity index (χ1n) is 6.52. The summed E-state index contributed by atoms with van der Waals surface area (Å²) in [5, 5.41) is 18.1. The molecule has 0 aliphatic heterocycles. The van der Waals surface area contributed by atoms with E-state index in [0.717, 1.165) is 16.3 Å². The quantitative estimate of drug-likeness (QED) is 0.700. The molecule has 1 aromatic heterocycles. The van der Waals surface area contributed by atoms with Gasteiger partial charge >= 0.3 is 0 Å². The monoisotopic (exact) mass is 309 g/mol. The van der Waals surface area contributed by atoms with Crippen molar-refractivity contribution < 1.29 is 10.2 Å². The summed E-state index contributed by atoms with van der Waals surface area (Å²) >= 11 is 1.44. The number of benzene rings is 1. The highest BCUT2D eigenvalue weighted by Crippen LogP contribution is 2.21. The molecule has 0 aliphatic rings. The van der Waals surface area contributed by atoms with Crippen LogP contribution in [0, 0.1) is 6.92 Å². The fourth-order valence-corrected chi connectivity index (χ4v) is 2.77. The standard InChI is InChI=1S/C14H19N3O3S/c1-9-13(15)14(20)17(16(9)2)10-3-5-12(6-4-10)21-8-11(19)7-18/h3-6,11,18-19H,7-8,15H2,1-2H3. The highest BCUT2D eigenvalue weighted by molar-refractivity contribution is 7.99. The number of nitrogens with zero attached hydrogens (tertiary/aromatic N) is 2. The summed E-state index contributed by atoms with van der Waals surface area (Å²) in [5.41, 5.74) is 7.24. The van der Waals surface area contributed by atoms with Crippen molar-refractivity contribution in [3.05, 3.63) is 40.3 Å². The number of hydrogen-bond donors (Lipinski definition) is 3. The molecule has 0 saturated heterocycles. The van der Waals surface area contributed by atoms with E-state index in [1.807, 2.05) is 24.3 Å². The first-order valence-corrected chi connectivity index (χ1v) is 7.50. The lowest BCUT2D eigenvalue weighted by Crippen LogP contribution is -2.20. The van der Waals surface area contributed by atoms with Gasteiger partial charge in [-0.05, 0) is 31.2 Å². The molecule has 1 heterocycles. The summed E-state index contributed by atoms with van der Waals surface area (Å²) in [6.45, 7) is 1.55. The minimum atomic E-state index is -0.729. The summed E-state index contributed by atoms with van der Waals surface area (Å²) in [5.74, 6) is 0.423. The summed E-state index contributed by atoms with van der Waals surface area (Å²) in [4.78, 5) is 13.1. The number of thioether (sulfide) groups is 1. The molecule has 1 unspecified atom stereocenters. The van der Waals surface area contributed by atoms with Crippen LogP contribution in [0.3, 0.4) is 0 Å². The lowest BCUT2D eigenvalue weighted by atomic mass is 10.3. The summed E-state index contributed by atoms with van der Waals surface area (Å²) in [7, 11) is 1.79. The summed E-state index contributed by atoms with van der Waals surface area (Å²) < 4.78 is 3.23. The van der Waals surface area contributed by atoms with Crippen LogP contribution in [0.1, 0.15) is 5.69 Å². The predicted octanol–water partition coefficient (Wildman–Crippen LogP) is 0.512. The number of rotatable bonds is 5. The normalized spacial score (nSPS) is 12.6. The topological polar surface area (TPSA) is 93.4 Å². The van der Waals surface area contributed by atoms with Crippen molar-refractivity contribution in [3.8, 4) is 5.69 Å².